The van der Waals surface area contributed by atoms with Crippen molar-refractivity contribution in [2.24, 2.45) is 0 Å². The Bertz CT molecular complexity index is 1200. The van der Waals surface area contributed by atoms with Crippen molar-refractivity contribution in [2.45, 2.75) is 25.7 Å². The Kier molecular flexibility index (Phi) is 7.20. The van der Waals surface area contributed by atoms with Gasteiger partial charge in [0.2, 0.25) is 0 Å². The molecule has 1 heterocycles. The van der Waals surface area contributed by atoms with E-state index < -0.39 is 0 Å². The normalized spacial score (nSPS) is 12.0. The summed E-state index contributed by atoms with van der Waals surface area (Å²) in [6, 6.07) is 17.5. The number of halogens is 1. The number of aryl methyl sites for hydroxylation is 1. The van der Waals surface area contributed by atoms with E-state index in [4.69, 9.17) is 17.0 Å². The second kappa shape index (κ2) is 10.3. The molecule has 162 valence electrons. The molecule has 1 aliphatic carbocycles. The van der Waals surface area contributed by atoms with Crippen LogP contribution in [0.3, 0.4) is 0 Å². The van der Waals surface area contributed by atoms with Gasteiger partial charge in [-0.2, -0.15) is 5.26 Å². The molecule has 2 aromatic carbocycles. The lowest BCUT2D eigenvalue weighted by Crippen LogP contribution is -2.34. The van der Waals surface area contributed by atoms with Crippen LogP contribution in [0.5, 0.6) is 5.75 Å². The van der Waals surface area contributed by atoms with Gasteiger partial charge in [0.1, 0.15) is 16.8 Å². The quantitative estimate of drug-likeness (QED) is 0.408. The summed E-state index contributed by atoms with van der Waals surface area (Å²) in [6.07, 6.45) is 3.79. The maximum Gasteiger partial charge on any atom is 0.257 e. The van der Waals surface area contributed by atoms with Crippen LogP contribution in [0.4, 0.5) is 5.00 Å². The van der Waals surface area contributed by atoms with E-state index in [0.717, 1.165) is 31.2 Å². The lowest BCUT2D eigenvalue weighted by Gasteiger charge is -2.11. The molecule has 0 saturated heterocycles. The van der Waals surface area contributed by atoms with Crippen LogP contribution in [0.25, 0.3) is 0 Å². The second-order valence-corrected chi connectivity index (χ2v) is 9.68. The van der Waals surface area contributed by atoms with Crippen molar-refractivity contribution < 1.29 is 9.53 Å². The number of thiocarbonyl (C=S) groups is 1. The van der Waals surface area contributed by atoms with Gasteiger partial charge >= 0.3 is 0 Å². The summed E-state index contributed by atoms with van der Waals surface area (Å²) in [6.45, 7) is 0.536. The maximum atomic E-state index is 12.6. The molecule has 8 heteroatoms. The van der Waals surface area contributed by atoms with Crippen LogP contribution in [0.15, 0.2) is 53.0 Å². The van der Waals surface area contributed by atoms with Gasteiger partial charge in [-0.15, -0.1) is 11.3 Å². The van der Waals surface area contributed by atoms with Gasteiger partial charge < -0.3 is 10.1 Å². The maximum absolute atomic E-state index is 12.6. The SMILES string of the molecule is N#Cc1c(NC(=S)NC(=O)c2ccc(OCCc3ccccc3)c(Br)c2)sc2c1CCC2. The lowest BCUT2D eigenvalue weighted by atomic mass is 10.1. The molecule has 1 aromatic heterocycles. The number of amides is 1. The number of thiophene rings is 1. The number of hydrogen-bond donors (Lipinski definition) is 2. The van der Waals surface area contributed by atoms with E-state index in [2.05, 4.69) is 44.8 Å². The fraction of sp³-hybridized carbons (Fsp3) is 0.208. The van der Waals surface area contributed by atoms with E-state index in [1.165, 1.54) is 21.8 Å². The van der Waals surface area contributed by atoms with Gasteiger partial charge in [0.25, 0.3) is 5.91 Å². The highest BCUT2D eigenvalue weighted by atomic mass is 79.9. The van der Waals surface area contributed by atoms with E-state index in [-0.39, 0.29) is 11.0 Å². The number of carbonyl (C=O) groups is 1. The van der Waals surface area contributed by atoms with E-state index >= 15 is 0 Å². The molecule has 1 aliphatic rings. The zero-order chi connectivity index (χ0) is 22.5. The van der Waals surface area contributed by atoms with Gasteiger partial charge in [-0.1, -0.05) is 30.3 Å². The molecule has 0 bridgehead atoms. The molecule has 0 spiro atoms. The van der Waals surface area contributed by atoms with Crippen LogP contribution in [-0.2, 0) is 19.3 Å². The third kappa shape index (κ3) is 5.18. The number of anilines is 1. The van der Waals surface area contributed by atoms with Gasteiger partial charge in [0.15, 0.2) is 5.11 Å². The standard InChI is InChI=1S/C24H20BrN3O2S2/c25-19-13-16(9-10-20(19)30-12-11-15-5-2-1-3-6-15)22(29)27-24(31)28-23-18(14-26)17-7-4-8-21(17)32-23/h1-3,5-6,9-10,13H,4,7-8,11-12H2,(H2,27,28,29,31). The number of nitrogens with zero attached hydrogens (tertiary/aromatic N) is 1. The number of fused-ring (bicyclic) bond motifs is 1. The Labute approximate surface area is 204 Å². The van der Waals surface area contributed by atoms with Crippen molar-refractivity contribution in [3.63, 3.8) is 0 Å². The minimum atomic E-state index is -0.332. The molecule has 0 aliphatic heterocycles. The number of rotatable bonds is 6. The summed E-state index contributed by atoms with van der Waals surface area (Å²) in [5.74, 6) is 0.339. The smallest absolute Gasteiger partial charge is 0.257 e. The summed E-state index contributed by atoms with van der Waals surface area (Å²) >= 11 is 10.3. The van der Waals surface area contributed by atoms with Crippen LogP contribution < -0.4 is 15.4 Å². The highest BCUT2D eigenvalue weighted by Gasteiger charge is 2.23. The van der Waals surface area contributed by atoms with E-state index in [0.29, 0.717) is 33.0 Å². The Balaban J connectivity index is 1.34. The van der Waals surface area contributed by atoms with E-state index in [1.807, 2.05) is 18.2 Å². The summed E-state index contributed by atoms with van der Waals surface area (Å²) in [5, 5.41) is 16.1. The molecule has 0 saturated carbocycles. The molecule has 0 fully saturated rings. The number of ether oxygens (including phenoxy) is 1. The Morgan fingerprint density at radius 1 is 1.22 bits per heavy atom. The number of hydrogen-bond acceptors (Lipinski definition) is 5. The third-order valence-corrected chi connectivity index (χ3v) is 7.20. The molecule has 3 aromatic rings. The first-order valence-electron chi connectivity index (χ1n) is 10.2. The first-order valence-corrected chi connectivity index (χ1v) is 12.2. The Hall–Kier alpha value is -2.73. The lowest BCUT2D eigenvalue weighted by molar-refractivity contribution is 0.0977. The van der Waals surface area contributed by atoms with Crippen molar-refractivity contribution >= 4 is 55.5 Å². The molecular formula is C24H20BrN3O2S2. The van der Waals surface area contributed by atoms with Crippen LogP contribution in [0.2, 0.25) is 0 Å². The molecular weight excluding hydrogens is 506 g/mol. The van der Waals surface area contributed by atoms with Gasteiger partial charge in [-0.25, -0.2) is 0 Å². The minimum absolute atomic E-state index is 0.172. The van der Waals surface area contributed by atoms with Crippen molar-refractivity contribution in [1.82, 2.24) is 5.32 Å². The van der Waals surface area contributed by atoms with Crippen molar-refractivity contribution in [3.8, 4) is 11.8 Å². The summed E-state index contributed by atoms with van der Waals surface area (Å²) in [7, 11) is 0. The largest absolute Gasteiger partial charge is 0.492 e. The molecule has 2 N–H and O–H groups in total. The molecule has 0 atom stereocenters. The van der Waals surface area contributed by atoms with Gasteiger partial charge in [0, 0.05) is 16.9 Å². The molecule has 5 nitrogen and oxygen atoms in total. The van der Waals surface area contributed by atoms with Crippen molar-refractivity contribution in [1.29, 1.82) is 5.26 Å². The predicted molar refractivity (Wildman–Crippen MR) is 135 cm³/mol. The van der Waals surface area contributed by atoms with Crippen LogP contribution >= 0.6 is 39.5 Å². The fourth-order valence-corrected chi connectivity index (χ4v) is 5.60. The zero-order valence-electron chi connectivity index (χ0n) is 17.1. The van der Waals surface area contributed by atoms with E-state index in [1.54, 1.807) is 18.2 Å². The van der Waals surface area contributed by atoms with Crippen LogP contribution in [0.1, 0.15) is 38.3 Å². The molecule has 1 amide bonds. The van der Waals surface area contributed by atoms with Gasteiger partial charge in [0.05, 0.1) is 16.6 Å². The van der Waals surface area contributed by atoms with Crippen LogP contribution in [-0.4, -0.2) is 17.6 Å². The molecule has 32 heavy (non-hydrogen) atoms. The van der Waals surface area contributed by atoms with E-state index in [9.17, 15) is 10.1 Å². The second-order valence-electron chi connectivity index (χ2n) is 7.31. The topological polar surface area (TPSA) is 74.2 Å². The van der Waals surface area contributed by atoms with Crippen molar-refractivity contribution in [3.05, 3.63) is 80.1 Å². The minimum Gasteiger partial charge on any atom is -0.492 e. The molecule has 0 radical (unpaired) electrons. The molecule has 4 rings (SSSR count). The Morgan fingerprint density at radius 2 is 2.03 bits per heavy atom. The zero-order valence-corrected chi connectivity index (χ0v) is 20.3. The fourth-order valence-electron chi connectivity index (χ4n) is 3.60. The number of nitrogens with one attached hydrogen (secondary N) is 2. The summed E-state index contributed by atoms with van der Waals surface area (Å²) in [4.78, 5) is 13.9. The van der Waals surface area contributed by atoms with Crippen LogP contribution in [0, 0.1) is 11.3 Å². The summed E-state index contributed by atoms with van der Waals surface area (Å²) in [5.41, 5.74) is 3.40. The summed E-state index contributed by atoms with van der Waals surface area (Å²) < 4.78 is 6.54. The highest BCUT2D eigenvalue weighted by Crippen LogP contribution is 2.38. The Morgan fingerprint density at radius 3 is 2.78 bits per heavy atom. The third-order valence-electron chi connectivity index (χ3n) is 5.17. The van der Waals surface area contributed by atoms with Gasteiger partial charge in [-0.05, 0) is 76.7 Å². The monoisotopic (exact) mass is 525 g/mol. The first kappa shape index (κ1) is 22.5. The highest BCUT2D eigenvalue weighted by molar-refractivity contribution is 9.10. The van der Waals surface area contributed by atoms with Crippen molar-refractivity contribution in [2.75, 3.05) is 11.9 Å². The molecule has 0 unspecified atom stereocenters. The number of nitriles is 1. The average molecular weight is 526 g/mol. The van der Waals surface area contributed by atoms with Gasteiger partial charge in [-0.3, -0.25) is 10.1 Å². The number of benzene rings is 2. The predicted octanol–water partition coefficient (Wildman–Crippen LogP) is 5.62. The first-order chi connectivity index (χ1) is 15.5. The number of carbonyl (C=O) groups excluding carboxylic acids is 1. The average Bonchev–Trinajstić information content (AvgIpc) is 3.36.